The van der Waals surface area contributed by atoms with Gasteiger partial charge < -0.3 is 10.0 Å². The Bertz CT molecular complexity index is 921. The highest BCUT2D eigenvalue weighted by Crippen LogP contribution is 2.31. The molecule has 2 heterocycles. The van der Waals surface area contributed by atoms with Crippen molar-refractivity contribution in [2.75, 3.05) is 13.1 Å². The summed E-state index contributed by atoms with van der Waals surface area (Å²) >= 11 is 1.47. The molecular formula is C20H20N2O2S. The number of nitrogens with zero attached hydrogens (tertiary/aromatic N) is 2. The van der Waals surface area contributed by atoms with E-state index in [4.69, 9.17) is 0 Å². The van der Waals surface area contributed by atoms with Crippen LogP contribution in [0.4, 0.5) is 0 Å². The summed E-state index contributed by atoms with van der Waals surface area (Å²) in [6, 6.07) is 14.6. The largest absolute Gasteiger partial charge is 0.391 e. The van der Waals surface area contributed by atoms with E-state index in [-0.39, 0.29) is 11.8 Å². The first-order chi connectivity index (χ1) is 12.1. The molecule has 3 aromatic rings. The summed E-state index contributed by atoms with van der Waals surface area (Å²) in [5.74, 6) is -0.0220. The molecular weight excluding hydrogens is 332 g/mol. The number of aromatic nitrogens is 1. The second-order valence-electron chi connectivity index (χ2n) is 6.57. The Morgan fingerprint density at radius 1 is 1.24 bits per heavy atom. The summed E-state index contributed by atoms with van der Waals surface area (Å²) in [6.45, 7) is 2.89. The summed E-state index contributed by atoms with van der Waals surface area (Å²) < 4.78 is 0. The highest BCUT2D eigenvalue weighted by atomic mass is 32.1. The van der Waals surface area contributed by atoms with Crippen LogP contribution in [-0.4, -0.2) is 40.1 Å². The molecule has 1 aromatic heterocycles. The van der Waals surface area contributed by atoms with Crippen molar-refractivity contribution in [3.05, 3.63) is 64.1 Å². The number of likely N-dealkylation sites (tertiary alicyclic amines) is 1. The standard InChI is InChI=1S/C20H20N2O2S/c1-13-21-18(12-25-13)20(24)22-9-8-17(19(23)11-22)16-7-6-14-4-2-3-5-15(14)10-16/h2-7,10,12,17,19,23H,8-9,11H2,1H3/t17-,19+/m0/s1. The van der Waals surface area contributed by atoms with Gasteiger partial charge in [-0.15, -0.1) is 11.3 Å². The Hall–Kier alpha value is -2.24. The predicted octanol–water partition coefficient (Wildman–Crippen LogP) is 3.60. The normalized spacial score (nSPS) is 20.8. The van der Waals surface area contributed by atoms with Crippen LogP contribution in [0.3, 0.4) is 0 Å². The maximum absolute atomic E-state index is 12.5. The Labute approximate surface area is 150 Å². The number of fused-ring (bicyclic) bond motifs is 1. The second kappa shape index (κ2) is 6.58. The van der Waals surface area contributed by atoms with E-state index in [1.54, 1.807) is 10.3 Å². The Morgan fingerprint density at radius 3 is 2.76 bits per heavy atom. The van der Waals surface area contributed by atoms with Crippen LogP contribution in [0.25, 0.3) is 10.8 Å². The van der Waals surface area contributed by atoms with Crippen LogP contribution in [0.2, 0.25) is 0 Å². The van der Waals surface area contributed by atoms with Crippen LogP contribution in [0, 0.1) is 6.92 Å². The van der Waals surface area contributed by atoms with Crippen molar-refractivity contribution in [2.24, 2.45) is 0 Å². The number of aryl methyl sites for hydroxylation is 1. The molecule has 25 heavy (non-hydrogen) atoms. The molecule has 0 spiro atoms. The molecule has 1 amide bonds. The van der Waals surface area contributed by atoms with E-state index < -0.39 is 6.10 Å². The number of carbonyl (C=O) groups excluding carboxylic acids is 1. The van der Waals surface area contributed by atoms with E-state index in [1.165, 1.54) is 22.1 Å². The lowest BCUT2D eigenvalue weighted by Gasteiger charge is -2.36. The van der Waals surface area contributed by atoms with Crippen LogP contribution in [0.15, 0.2) is 47.8 Å². The van der Waals surface area contributed by atoms with Gasteiger partial charge in [-0.25, -0.2) is 4.98 Å². The molecule has 4 rings (SSSR count). The molecule has 0 aliphatic carbocycles. The summed E-state index contributed by atoms with van der Waals surface area (Å²) in [5, 5.41) is 15.7. The Balaban J connectivity index is 1.51. The van der Waals surface area contributed by atoms with Gasteiger partial charge in [0.2, 0.25) is 0 Å². The van der Waals surface area contributed by atoms with Crippen molar-refractivity contribution in [1.82, 2.24) is 9.88 Å². The molecule has 0 unspecified atom stereocenters. The number of carbonyl (C=O) groups is 1. The van der Waals surface area contributed by atoms with Gasteiger partial charge in [-0.05, 0) is 29.7 Å². The van der Waals surface area contributed by atoms with E-state index in [0.29, 0.717) is 18.8 Å². The van der Waals surface area contributed by atoms with Gasteiger partial charge in [-0.3, -0.25) is 4.79 Å². The van der Waals surface area contributed by atoms with E-state index in [2.05, 4.69) is 35.3 Å². The molecule has 4 nitrogen and oxygen atoms in total. The highest BCUT2D eigenvalue weighted by molar-refractivity contribution is 7.09. The first kappa shape index (κ1) is 16.2. The molecule has 0 bridgehead atoms. The zero-order valence-electron chi connectivity index (χ0n) is 14.1. The van der Waals surface area contributed by atoms with E-state index in [0.717, 1.165) is 17.0 Å². The van der Waals surface area contributed by atoms with Gasteiger partial charge >= 0.3 is 0 Å². The molecule has 1 aliphatic heterocycles. The fourth-order valence-corrected chi connectivity index (χ4v) is 4.15. The maximum Gasteiger partial charge on any atom is 0.273 e. The summed E-state index contributed by atoms with van der Waals surface area (Å²) in [6.07, 6.45) is 0.201. The number of rotatable bonds is 2. The fraction of sp³-hybridized carbons (Fsp3) is 0.300. The smallest absolute Gasteiger partial charge is 0.273 e. The third-order valence-corrected chi connectivity index (χ3v) is 5.68. The molecule has 5 heteroatoms. The zero-order chi connectivity index (χ0) is 17.4. The van der Waals surface area contributed by atoms with Gasteiger partial charge in [0, 0.05) is 24.4 Å². The Morgan fingerprint density at radius 2 is 2.04 bits per heavy atom. The van der Waals surface area contributed by atoms with E-state index in [1.807, 2.05) is 19.1 Å². The quantitative estimate of drug-likeness (QED) is 0.767. The molecule has 128 valence electrons. The van der Waals surface area contributed by atoms with Gasteiger partial charge in [0.15, 0.2) is 0 Å². The molecule has 0 saturated carbocycles. The van der Waals surface area contributed by atoms with Crippen molar-refractivity contribution in [1.29, 1.82) is 0 Å². The second-order valence-corrected chi connectivity index (χ2v) is 7.63. The molecule has 1 N–H and O–H groups in total. The minimum Gasteiger partial charge on any atom is -0.391 e. The van der Waals surface area contributed by atoms with Crippen molar-refractivity contribution in [3.63, 3.8) is 0 Å². The number of amides is 1. The van der Waals surface area contributed by atoms with Crippen LogP contribution in [-0.2, 0) is 0 Å². The lowest BCUT2D eigenvalue weighted by atomic mass is 9.86. The van der Waals surface area contributed by atoms with Gasteiger partial charge in [0.05, 0.1) is 11.1 Å². The lowest BCUT2D eigenvalue weighted by Crippen LogP contribution is -2.45. The number of benzene rings is 2. The molecule has 2 aromatic carbocycles. The van der Waals surface area contributed by atoms with Crippen molar-refractivity contribution >= 4 is 28.0 Å². The average Bonchev–Trinajstić information content (AvgIpc) is 3.07. The van der Waals surface area contributed by atoms with E-state index in [9.17, 15) is 9.90 Å². The van der Waals surface area contributed by atoms with Gasteiger partial charge in [0.25, 0.3) is 5.91 Å². The molecule has 1 aliphatic rings. The van der Waals surface area contributed by atoms with Crippen molar-refractivity contribution < 1.29 is 9.90 Å². The molecule has 2 atom stereocenters. The number of aliphatic hydroxyl groups is 1. The third-order valence-electron chi connectivity index (χ3n) is 4.91. The monoisotopic (exact) mass is 352 g/mol. The number of hydrogen-bond donors (Lipinski definition) is 1. The number of thiazole rings is 1. The Kier molecular flexibility index (Phi) is 4.27. The van der Waals surface area contributed by atoms with Crippen LogP contribution < -0.4 is 0 Å². The number of aliphatic hydroxyl groups excluding tert-OH is 1. The summed E-state index contributed by atoms with van der Waals surface area (Å²) in [4.78, 5) is 18.5. The minimum absolute atomic E-state index is 0.0610. The number of β-amino-alcohol motifs (C(OH)–C–C–N with tert-alkyl or cyclic N) is 1. The zero-order valence-corrected chi connectivity index (χ0v) is 14.9. The van der Waals surface area contributed by atoms with Gasteiger partial charge in [0.1, 0.15) is 5.69 Å². The van der Waals surface area contributed by atoms with Crippen LogP contribution >= 0.6 is 11.3 Å². The minimum atomic E-state index is -0.557. The summed E-state index contributed by atoms with van der Waals surface area (Å²) in [7, 11) is 0. The van der Waals surface area contributed by atoms with Gasteiger partial charge in [-0.1, -0.05) is 42.5 Å². The molecule has 0 radical (unpaired) electrons. The average molecular weight is 352 g/mol. The number of hydrogen-bond acceptors (Lipinski definition) is 4. The first-order valence-corrected chi connectivity index (χ1v) is 9.38. The van der Waals surface area contributed by atoms with Crippen LogP contribution in [0.1, 0.15) is 33.4 Å². The van der Waals surface area contributed by atoms with Crippen molar-refractivity contribution in [3.8, 4) is 0 Å². The maximum atomic E-state index is 12.5. The lowest BCUT2D eigenvalue weighted by molar-refractivity contribution is 0.0378. The SMILES string of the molecule is Cc1nc(C(=O)N2CC[C@@H](c3ccc4ccccc4c3)[C@H](O)C2)cs1. The summed E-state index contributed by atoms with van der Waals surface area (Å²) in [5.41, 5.74) is 1.63. The first-order valence-electron chi connectivity index (χ1n) is 8.50. The topological polar surface area (TPSA) is 53.4 Å². The highest BCUT2D eigenvalue weighted by Gasteiger charge is 2.32. The number of piperidine rings is 1. The molecule has 1 saturated heterocycles. The fourth-order valence-electron chi connectivity index (χ4n) is 3.57. The van der Waals surface area contributed by atoms with Crippen LogP contribution in [0.5, 0.6) is 0 Å². The van der Waals surface area contributed by atoms with Crippen molar-refractivity contribution in [2.45, 2.75) is 25.4 Å². The molecule has 1 fully saturated rings. The third kappa shape index (κ3) is 3.17. The van der Waals surface area contributed by atoms with Gasteiger partial charge in [-0.2, -0.15) is 0 Å². The predicted molar refractivity (Wildman–Crippen MR) is 100 cm³/mol. The van der Waals surface area contributed by atoms with E-state index >= 15 is 0 Å².